The van der Waals surface area contributed by atoms with Gasteiger partial charge in [0.2, 0.25) is 15.9 Å². The first-order valence-electron chi connectivity index (χ1n) is 8.71. The van der Waals surface area contributed by atoms with Gasteiger partial charge in [-0.15, -0.1) is 0 Å². The van der Waals surface area contributed by atoms with Crippen molar-refractivity contribution in [3.8, 4) is 0 Å². The molecule has 0 radical (unpaired) electrons. The molecular formula is C18H24N4O3S. The number of aryl methyl sites for hydroxylation is 1. The minimum absolute atomic E-state index is 0.0703. The third-order valence-electron chi connectivity index (χ3n) is 4.56. The predicted octanol–water partition coefficient (Wildman–Crippen LogP) is 1.93. The van der Waals surface area contributed by atoms with Crippen LogP contribution in [0.2, 0.25) is 0 Å². The lowest BCUT2D eigenvalue weighted by Crippen LogP contribution is -2.31. The van der Waals surface area contributed by atoms with E-state index in [0.717, 1.165) is 17.5 Å². The fourth-order valence-corrected chi connectivity index (χ4v) is 4.83. The van der Waals surface area contributed by atoms with Gasteiger partial charge >= 0.3 is 0 Å². The SMILES string of the molecule is CCCN(Cc1cnn(C)c1)S(=O)(=O)c1ccc2c(c1)N(C(C)=O)CC2. The van der Waals surface area contributed by atoms with Crippen molar-refractivity contribution >= 4 is 21.6 Å². The van der Waals surface area contributed by atoms with Crippen LogP contribution in [-0.2, 0) is 34.8 Å². The number of amides is 1. The second kappa shape index (κ2) is 7.20. The Morgan fingerprint density at radius 1 is 1.35 bits per heavy atom. The van der Waals surface area contributed by atoms with E-state index in [0.29, 0.717) is 25.2 Å². The Morgan fingerprint density at radius 3 is 2.73 bits per heavy atom. The van der Waals surface area contributed by atoms with E-state index in [-0.39, 0.29) is 17.3 Å². The summed E-state index contributed by atoms with van der Waals surface area (Å²) in [5.74, 6) is -0.0703. The van der Waals surface area contributed by atoms with Gasteiger partial charge in [0.1, 0.15) is 0 Å². The minimum atomic E-state index is -3.66. The third-order valence-corrected chi connectivity index (χ3v) is 6.40. The van der Waals surface area contributed by atoms with E-state index in [4.69, 9.17) is 0 Å². The maximum absolute atomic E-state index is 13.2. The zero-order valence-electron chi connectivity index (χ0n) is 15.3. The largest absolute Gasteiger partial charge is 0.312 e. The molecule has 0 spiro atoms. The molecule has 1 aliphatic heterocycles. The average molecular weight is 376 g/mol. The zero-order chi connectivity index (χ0) is 18.9. The molecule has 1 amide bonds. The van der Waals surface area contributed by atoms with E-state index in [1.165, 1.54) is 11.2 Å². The number of carbonyl (C=O) groups is 1. The highest BCUT2D eigenvalue weighted by Crippen LogP contribution is 2.32. The molecule has 0 bridgehead atoms. The molecule has 26 heavy (non-hydrogen) atoms. The molecule has 8 heteroatoms. The zero-order valence-corrected chi connectivity index (χ0v) is 16.2. The van der Waals surface area contributed by atoms with Crippen molar-refractivity contribution < 1.29 is 13.2 Å². The number of anilines is 1. The summed E-state index contributed by atoms with van der Waals surface area (Å²) in [5.41, 5.74) is 2.56. The van der Waals surface area contributed by atoms with Crippen molar-refractivity contribution in [2.45, 2.75) is 38.1 Å². The van der Waals surface area contributed by atoms with Gasteiger partial charge in [0.15, 0.2) is 0 Å². The lowest BCUT2D eigenvalue weighted by Gasteiger charge is -2.22. The van der Waals surface area contributed by atoms with Crippen molar-refractivity contribution in [1.29, 1.82) is 0 Å². The number of carbonyl (C=O) groups excluding carboxylic acids is 1. The Labute approximate surface area is 154 Å². The minimum Gasteiger partial charge on any atom is -0.312 e. The third kappa shape index (κ3) is 3.52. The Balaban J connectivity index is 1.94. The highest BCUT2D eigenvalue weighted by atomic mass is 32.2. The Morgan fingerprint density at radius 2 is 2.12 bits per heavy atom. The van der Waals surface area contributed by atoms with Gasteiger partial charge in [0.05, 0.1) is 11.1 Å². The predicted molar refractivity (Wildman–Crippen MR) is 99.3 cm³/mol. The first-order valence-corrected chi connectivity index (χ1v) is 10.2. The lowest BCUT2D eigenvalue weighted by molar-refractivity contribution is -0.116. The highest BCUT2D eigenvalue weighted by molar-refractivity contribution is 7.89. The molecule has 1 aliphatic rings. The van der Waals surface area contributed by atoms with E-state index in [1.54, 1.807) is 35.0 Å². The lowest BCUT2D eigenvalue weighted by atomic mass is 10.2. The smallest absolute Gasteiger partial charge is 0.243 e. The van der Waals surface area contributed by atoms with Crippen molar-refractivity contribution in [2.75, 3.05) is 18.0 Å². The second-order valence-corrected chi connectivity index (χ2v) is 8.51. The summed E-state index contributed by atoms with van der Waals surface area (Å²) in [6, 6.07) is 5.09. The summed E-state index contributed by atoms with van der Waals surface area (Å²) >= 11 is 0. The van der Waals surface area contributed by atoms with Gasteiger partial charge in [-0.25, -0.2) is 8.42 Å². The van der Waals surface area contributed by atoms with Crippen molar-refractivity contribution in [1.82, 2.24) is 14.1 Å². The number of fused-ring (bicyclic) bond motifs is 1. The van der Waals surface area contributed by atoms with Crippen LogP contribution in [0.4, 0.5) is 5.69 Å². The molecule has 1 aromatic heterocycles. The van der Waals surface area contributed by atoms with Crippen molar-refractivity contribution in [3.63, 3.8) is 0 Å². The monoisotopic (exact) mass is 376 g/mol. The molecule has 1 aromatic carbocycles. The molecule has 0 saturated carbocycles. The van der Waals surface area contributed by atoms with Crippen LogP contribution in [0.3, 0.4) is 0 Å². The van der Waals surface area contributed by atoms with Gasteiger partial charge in [0, 0.05) is 51.1 Å². The van der Waals surface area contributed by atoms with Crippen LogP contribution in [0.5, 0.6) is 0 Å². The Bertz CT molecular complexity index is 920. The van der Waals surface area contributed by atoms with Gasteiger partial charge in [-0.05, 0) is 30.5 Å². The number of hydrogen-bond donors (Lipinski definition) is 0. The fourth-order valence-electron chi connectivity index (χ4n) is 3.29. The van der Waals surface area contributed by atoms with E-state index in [1.807, 2.05) is 19.2 Å². The fraction of sp³-hybridized carbons (Fsp3) is 0.444. The van der Waals surface area contributed by atoms with Crippen LogP contribution >= 0.6 is 0 Å². The molecule has 2 aromatic rings. The number of benzene rings is 1. The van der Waals surface area contributed by atoms with Gasteiger partial charge < -0.3 is 4.90 Å². The molecule has 0 saturated heterocycles. The normalized spacial score (nSPS) is 14.1. The van der Waals surface area contributed by atoms with E-state index in [9.17, 15) is 13.2 Å². The van der Waals surface area contributed by atoms with Gasteiger partial charge in [0.25, 0.3) is 0 Å². The molecule has 0 N–H and O–H groups in total. The van der Waals surface area contributed by atoms with E-state index >= 15 is 0 Å². The number of sulfonamides is 1. The topological polar surface area (TPSA) is 75.5 Å². The molecule has 2 heterocycles. The highest BCUT2D eigenvalue weighted by Gasteiger charge is 2.28. The first kappa shape index (κ1) is 18.6. The summed E-state index contributed by atoms with van der Waals surface area (Å²) in [7, 11) is -1.86. The standard InChI is InChI=1S/C18H24N4O3S/c1-4-8-21(13-15-11-19-20(3)12-15)26(24,25)17-6-5-16-7-9-22(14(2)23)18(16)10-17/h5-6,10-12H,4,7-9,13H2,1-3H3. The first-order chi connectivity index (χ1) is 12.3. The van der Waals surface area contributed by atoms with Crippen LogP contribution in [0.15, 0.2) is 35.5 Å². The maximum atomic E-state index is 13.2. The van der Waals surface area contributed by atoms with E-state index < -0.39 is 10.0 Å². The average Bonchev–Trinajstić information content (AvgIpc) is 3.19. The summed E-state index contributed by atoms with van der Waals surface area (Å²) in [6.07, 6.45) is 4.96. The van der Waals surface area contributed by atoms with Gasteiger partial charge in [-0.1, -0.05) is 13.0 Å². The molecule has 0 atom stereocenters. The Kier molecular flexibility index (Phi) is 5.15. The van der Waals surface area contributed by atoms with Crippen molar-refractivity contribution in [2.24, 2.45) is 7.05 Å². The maximum Gasteiger partial charge on any atom is 0.243 e. The summed E-state index contributed by atoms with van der Waals surface area (Å²) < 4.78 is 29.5. The molecule has 7 nitrogen and oxygen atoms in total. The summed E-state index contributed by atoms with van der Waals surface area (Å²) in [6.45, 7) is 4.75. The van der Waals surface area contributed by atoms with E-state index in [2.05, 4.69) is 5.10 Å². The molecule has 0 unspecified atom stereocenters. The molecule has 0 aliphatic carbocycles. The molecule has 140 valence electrons. The van der Waals surface area contributed by atoms with Crippen LogP contribution in [-0.4, -0.2) is 41.5 Å². The molecule has 3 rings (SSSR count). The number of rotatable bonds is 6. The number of aromatic nitrogens is 2. The molecular weight excluding hydrogens is 352 g/mol. The van der Waals surface area contributed by atoms with Crippen LogP contribution in [0.25, 0.3) is 0 Å². The van der Waals surface area contributed by atoms with Gasteiger partial charge in [-0.2, -0.15) is 9.40 Å². The van der Waals surface area contributed by atoms with Crippen molar-refractivity contribution in [3.05, 3.63) is 41.7 Å². The quantitative estimate of drug-likeness (QED) is 0.772. The number of nitrogens with zero attached hydrogens (tertiary/aromatic N) is 4. The van der Waals surface area contributed by atoms with Crippen LogP contribution < -0.4 is 4.90 Å². The number of hydrogen-bond acceptors (Lipinski definition) is 4. The van der Waals surface area contributed by atoms with Crippen LogP contribution in [0, 0.1) is 0 Å². The second-order valence-electron chi connectivity index (χ2n) is 6.57. The summed E-state index contributed by atoms with van der Waals surface area (Å²) in [5, 5.41) is 4.11. The summed E-state index contributed by atoms with van der Waals surface area (Å²) in [4.78, 5) is 13.7. The molecule has 0 fully saturated rings. The van der Waals surface area contributed by atoms with Gasteiger partial charge in [-0.3, -0.25) is 9.48 Å². The Hall–Kier alpha value is -2.19. The van der Waals surface area contributed by atoms with Crippen LogP contribution in [0.1, 0.15) is 31.4 Å².